The van der Waals surface area contributed by atoms with Gasteiger partial charge in [0.05, 0.1) is 28.6 Å². The van der Waals surface area contributed by atoms with Crippen molar-refractivity contribution in [2.24, 2.45) is 0 Å². The number of amides is 1. The van der Waals surface area contributed by atoms with Gasteiger partial charge >= 0.3 is 0 Å². The second-order valence-corrected chi connectivity index (χ2v) is 13.0. The van der Waals surface area contributed by atoms with Crippen molar-refractivity contribution in [2.45, 2.75) is 57.1 Å². The second kappa shape index (κ2) is 11.8. The summed E-state index contributed by atoms with van der Waals surface area (Å²) in [6.45, 7) is 9.77. The first-order valence-electron chi connectivity index (χ1n) is 14.0. The Morgan fingerprint density at radius 1 is 1.14 bits per heavy atom. The van der Waals surface area contributed by atoms with Crippen molar-refractivity contribution < 1.29 is 17.6 Å². The van der Waals surface area contributed by atoms with Gasteiger partial charge in [0, 0.05) is 54.8 Å². The van der Waals surface area contributed by atoms with Gasteiger partial charge in [-0.05, 0) is 51.0 Å². The lowest BCUT2D eigenvalue weighted by molar-refractivity contribution is -0.122. The van der Waals surface area contributed by atoms with Gasteiger partial charge in [-0.25, -0.2) is 22.8 Å². The predicted molar refractivity (Wildman–Crippen MR) is 163 cm³/mol. The van der Waals surface area contributed by atoms with Crippen LogP contribution < -0.4 is 16.0 Å². The van der Waals surface area contributed by atoms with Crippen LogP contribution in [0.15, 0.2) is 53.7 Å². The van der Waals surface area contributed by atoms with E-state index in [9.17, 15) is 17.6 Å². The maximum atomic E-state index is 15.0. The zero-order chi connectivity index (χ0) is 30.2. The van der Waals surface area contributed by atoms with E-state index >= 15 is 0 Å². The fraction of sp³-hybridized carbons (Fsp3) is 0.367. The van der Waals surface area contributed by atoms with E-state index in [1.165, 1.54) is 18.2 Å². The molecule has 4 N–H and O–H groups in total. The summed E-state index contributed by atoms with van der Waals surface area (Å²) in [6.07, 6.45) is 5.09. The number of H-pyrrole nitrogens is 1. The summed E-state index contributed by atoms with van der Waals surface area (Å²) >= 11 is 0. The van der Waals surface area contributed by atoms with E-state index in [2.05, 4.69) is 49.6 Å². The number of anilines is 3. The number of hydrogen-bond acceptors (Lipinski definition) is 8. The number of fused-ring (bicyclic) bond motifs is 1. The number of aromatic amines is 1. The van der Waals surface area contributed by atoms with Gasteiger partial charge in [0.15, 0.2) is 15.7 Å². The number of aromatic nitrogens is 3. The van der Waals surface area contributed by atoms with Gasteiger partial charge in [0.1, 0.15) is 4.90 Å². The molecule has 3 heterocycles. The fourth-order valence-electron chi connectivity index (χ4n) is 5.69. The number of sulfone groups is 1. The van der Waals surface area contributed by atoms with Gasteiger partial charge in [0.2, 0.25) is 11.9 Å². The van der Waals surface area contributed by atoms with E-state index in [0.717, 1.165) is 41.4 Å². The first-order valence-corrected chi connectivity index (χ1v) is 15.9. The van der Waals surface area contributed by atoms with Crippen molar-refractivity contribution in [2.75, 3.05) is 30.0 Å². The monoisotopic (exact) mass is 593 g/mol. The van der Waals surface area contributed by atoms with Gasteiger partial charge in [0.25, 0.3) is 0 Å². The van der Waals surface area contributed by atoms with E-state index in [1.807, 2.05) is 38.2 Å². The number of aryl methyl sites for hydroxylation is 1. The molecule has 1 fully saturated rings. The molecule has 0 bridgehead atoms. The maximum absolute atomic E-state index is 15.0. The molecule has 42 heavy (non-hydrogen) atoms. The Morgan fingerprint density at radius 2 is 1.83 bits per heavy atom. The SMILES string of the molecule is CC[C@H](C(=O)Nc1cccc2c(-c3nc(Nc4cccc(S(C)(=O)=O)c4F)ncc3C)c[nH]c12)N1C[C@@H](C)N[C@H](C)C1. The molecule has 1 amide bonds. The van der Waals surface area contributed by atoms with Gasteiger partial charge in [-0.2, -0.15) is 0 Å². The minimum Gasteiger partial charge on any atom is -0.359 e. The summed E-state index contributed by atoms with van der Waals surface area (Å²) in [4.78, 5) is 27.5. The molecular weight excluding hydrogens is 557 g/mol. The van der Waals surface area contributed by atoms with Gasteiger partial charge in [-0.1, -0.05) is 25.1 Å². The van der Waals surface area contributed by atoms with Crippen molar-refractivity contribution >= 4 is 44.0 Å². The van der Waals surface area contributed by atoms with Crippen molar-refractivity contribution in [3.63, 3.8) is 0 Å². The molecule has 0 aliphatic carbocycles. The van der Waals surface area contributed by atoms with Crippen molar-refractivity contribution in [1.29, 1.82) is 0 Å². The van der Waals surface area contributed by atoms with Gasteiger partial charge in [-0.15, -0.1) is 0 Å². The minimum atomic E-state index is -3.75. The van der Waals surface area contributed by atoms with Crippen LogP contribution in [0.1, 0.15) is 32.8 Å². The second-order valence-electron chi connectivity index (χ2n) is 11.0. The van der Waals surface area contributed by atoms with Crippen LogP contribution in [0.25, 0.3) is 22.2 Å². The molecule has 1 aliphatic rings. The van der Waals surface area contributed by atoms with Crippen molar-refractivity contribution in [3.05, 3.63) is 60.2 Å². The zero-order valence-corrected chi connectivity index (χ0v) is 25.1. The molecule has 3 atom stereocenters. The van der Waals surface area contributed by atoms with Crippen LogP contribution in [0.2, 0.25) is 0 Å². The molecule has 2 aromatic carbocycles. The molecule has 0 saturated carbocycles. The average molecular weight is 594 g/mol. The third-order valence-corrected chi connectivity index (χ3v) is 8.64. The normalized spacial score (nSPS) is 18.6. The summed E-state index contributed by atoms with van der Waals surface area (Å²) < 4.78 is 38.9. The number of nitrogens with zero attached hydrogens (tertiary/aromatic N) is 3. The van der Waals surface area contributed by atoms with Crippen LogP contribution in [0.3, 0.4) is 0 Å². The van der Waals surface area contributed by atoms with E-state index in [4.69, 9.17) is 0 Å². The van der Waals surface area contributed by atoms with E-state index in [-0.39, 0.29) is 23.6 Å². The highest BCUT2D eigenvalue weighted by Crippen LogP contribution is 2.34. The highest BCUT2D eigenvalue weighted by molar-refractivity contribution is 7.90. The van der Waals surface area contributed by atoms with Gasteiger partial charge in [-0.3, -0.25) is 9.69 Å². The maximum Gasteiger partial charge on any atom is 0.241 e. The van der Waals surface area contributed by atoms with Crippen LogP contribution in [-0.4, -0.2) is 71.6 Å². The number of benzene rings is 2. The van der Waals surface area contributed by atoms with Crippen LogP contribution in [0, 0.1) is 12.7 Å². The number of rotatable bonds is 8. The summed E-state index contributed by atoms with van der Waals surface area (Å²) in [5.41, 5.74) is 3.56. The lowest BCUT2D eigenvalue weighted by Gasteiger charge is -2.40. The number of piperazine rings is 1. The molecule has 12 heteroatoms. The number of para-hydroxylation sites is 1. The molecule has 222 valence electrons. The summed E-state index contributed by atoms with van der Waals surface area (Å²) in [6, 6.07) is 10.2. The molecule has 1 aliphatic heterocycles. The Hall–Kier alpha value is -3.87. The predicted octanol–water partition coefficient (Wildman–Crippen LogP) is 4.62. The quantitative estimate of drug-likeness (QED) is 0.233. The smallest absolute Gasteiger partial charge is 0.241 e. The minimum absolute atomic E-state index is 0.0459. The van der Waals surface area contributed by atoms with Crippen LogP contribution in [0.4, 0.5) is 21.7 Å². The number of halogens is 1. The lowest BCUT2D eigenvalue weighted by atomic mass is 10.0. The molecule has 0 radical (unpaired) electrons. The van der Waals surface area contributed by atoms with Crippen LogP contribution >= 0.6 is 0 Å². The highest BCUT2D eigenvalue weighted by atomic mass is 32.2. The molecule has 0 unspecified atom stereocenters. The van der Waals surface area contributed by atoms with Crippen LogP contribution in [0.5, 0.6) is 0 Å². The lowest BCUT2D eigenvalue weighted by Crippen LogP contribution is -2.59. The number of nitrogens with one attached hydrogen (secondary N) is 4. The third kappa shape index (κ3) is 6.01. The molecule has 4 aromatic rings. The van der Waals surface area contributed by atoms with Gasteiger partial charge < -0.3 is 20.9 Å². The molecule has 1 saturated heterocycles. The Kier molecular flexibility index (Phi) is 8.31. The standard InChI is InChI=1S/C30H36FN7O3S/c1-6-24(38-15-18(3)34-19(4)16-38)29(39)35-23-11-7-9-20-21(14-32-28(20)23)27-17(2)13-33-30(37-27)36-22-10-8-12-25(26(22)31)42(5,40)41/h7-14,18-19,24,32,34H,6,15-16H2,1-5H3,(H,35,39)(H,33,36,37)/t18-,19-,24-/m1/s1. The first-order chi connectivity index (χ1) is 20.0. The Morgan fingerprint density at radius 3 is 2.52 bits per heavy atom. The number of carbonyl (C=O) groups is 1. The number of hydrogen-bond donors (Lipinski definition) is 4. The summed E-state index contributed by atoms with van der Waals surface area (Å²) in [5, 5.41) is 10.3. The summed E-state index contributed by atoms with van der Waals surface area (Å²) in [7, 11) is -3.75. The first kappa shape index (κ1) is 29.6. The van der Waals surface area contributed by atoms with E-state index in [1.54, 1.807) is 6.20 Å². The molecule has 5 rings (SSSR count). The van der Waals surface area contributed by atoms with Crippen molar-refractivity contribution in [1.82, 2.24) is 25.2 Å². The number of carbonyl (C=O) groups excluding carboxylic acids is 1. The Bertz CT molecular complexity index is 1730. The molecule has 10 nitrogen and oxygen atoms in total. The molecular formula is C30H36FN7O3S. The molecule has 2 aromatic heterocycles. The summed E-state index contributed by atoms with van der Waals surface area (Å²) in [5.74, 6) is -0.831. The fourth-order valence-corrected chi connectivity index (χ4v) is 6.45. The largest absolute Gasteiger partial charge is 0.359 e. The Labute approximate surface area is 245 Å². The topological polar surface area (TPSA) is 132 Å². The average Bonchev–Trinajstić information content (AvgIpc) is 3.35. The van der Waals surface area contributed by atoms with E-state index in [0.29, 0.717) is 29.9 Å². The van der Waals surface area contributed by atoms with E-state index < -0.39 is 20.5 Å². The highest BCUT2D eigenvalue weighted by Gasteiger charge is 2.30. The van der Waals surface area contributed by atoms with Crippen LogP contribution in [-0.2, 0) is 14.6 Å². The third-order valence-electron chi connectivity index (χ3n) is 7.53. The Balaban J connectivity index is 1.43. The van der Waals surface area contributed by atoms with Crippen molar-refractivity contribution in [3.8, 4) is 11.3 Å². The zero-order valence-electron chi connectivity index (χ0n) is 24.3. The molecule has 0 spiro atoms.